The molecule has 25 heavy (non-hydrogen) atoms. The molecule has 5 nitrogen and oxygen atoms in total. The standard InChI is InChI=1S/C16H15F3N2O3S/c1-2-25(23,24)21-12-7-8-13(15(20)22)14(9-12)10-3-5-11(6-4-10)16(17,18)19/h3-9,21H,2H2,1H3,(H2,20,22). The summed E-state index contributed by atoms with van der Waals surface area (Å²) in [5.74, 6) is -0.931. The van der Waals surface area contributed by atoms with Crippen molar-refractivity contribution in [1.82, 2.24) is 0 Å². The number of amides is 1. The number of hydrogen-bond acceptors (Lipinski definition) is 3. The van der Waals surface area contributed by atoms with Crippen molar-refractivity contribution in [3.05, 3.63) is 53.6 Å². The minimum Gasteiger partial charge on any atom is -0.366 e. The van der Waals surface area contributed by atoms with E-state index in [2.05, 4.69) is 4.72 Å². The van der Waals surface area contributed by atoms with Gasteiger partial charge in [-0.05, 0) is 48.4 Å². The van der Waals surface area contributed by atoms with Crippen molar-refractivity contribution in [1.29, 1.82) is 0 Å². The van der Waals surface area contributed by atoms with Crippen molar-refractivity contribution in [3.8, 4) is 11.1 Å². The fourth-order valence-electron chi connectivity index (χ4n) is 2.15. The highest BCUT2D eigenvalue weighted by molar-refractivity contribution is 7.92. The van der Waals surface area contributed by atoms with Crippen LogP contribution in [0.15, 0.2) is 42.5 Å². The number of nitrogens with one attached hydrogen (secondary N) is 1. The summed E-state index contributed by atoms with van der Waals surface area (Å²) in [6.45, 7) is 1.46. The van der Waals surface area contributed by atoms with Crippen LogP contribution >= 0.6 is 0 Å². The Balaban J connectivity index is 2.52. The lowest BCUT2D eigenvalue weighted by Crippen LogP contribution is -2.16. The van der Waals surface area contributed by atoms with Crippen molar-refractivity contribution < 1.29 is 26.4 Å². The Labute approximate surface area is 142 Å². The first-order valence-electron chi connectivity index (χ1n) is 7.15. The second kappa shape index (κ2) is 6.75. The molecule has 0 atom stereocenters. The Kier molecular flexibility index (Phi) is 5.07. The third-order valence-electron chi connectivity index (χ3n) is 3.46. The summed E-state index contributed by atoms with van der Waals surface area (Å²) in [5, 5.41) is 0. The number of alkyl halides is 3. The number of halogens is 3. The Bertz CT molecular complexity index is 892. The van der Waals surface area contributed by atoms with Crippen LogP contribution in [0.2, 0.25) is 0 Å². The highest BCUT2D eigenvalue weighted by atomic mass is 32.2. The molecule has 0 spiro atoms. The molecule has 9 heteroatoms. The zero-order valence-corrected chi connectivity index (χ0v) is 13.9. The van der Waals surface area contributed by atoms with Crippen LogP contribution in [-0.4, -0.2) is 20.1 Å². The zero-order chi connectivity index (χ0) is 18.8. The summed E-state index contributed by atoms with van der Waals surface area (Å²) in [7, 11) is -3.55. The molecule has 0 heterocycles. The Morgan fingerprint density at radius 3 is 2.20 bits per heavy atom. The first-order chi connectivity index (χ1) is 11.5. The fourth-order valence-corrected chi connectivity index (χ4v) is 2.78. The van der Waals surface area contributed by atoms with E-state index in [4.69, 9.17) is 5.73 Å². The summed E-state index contributed by atoms with van der Waals surface area (Å²) in [5.41, 5.74) is 5.25. The van der Waals surface area contributed by atoms with E-state index in [-0.39, 0.29) is 22.6 Å². The molecule has 3 N–H and O–H groups in total. The van der Waals surface area contributed by atoms with E-state index in [1.165, 1.54) is 37.3 Å². The molecule has 0 radical (unpaired) electrons. The van der Waals surface area contributed by atoms with Crippen molar-refractivity contribution in [3.63, 3.8) is 0 Å². The van der Waals surface area contributed by atoms with Crippen LogP contribution in [0.3, 0.4) is 0 Å². The average Bonchev–Trinajstić information content (AvgIpc) is 2.53. The van der Waals surface area contributed by atoms with Crippen LogP contribution in [0, 0.1) is 0 Å². The molecule has 0 fully saturated rings. The van der Waals surface area contributed by atoms with Crippen molar-refractivity contribution in [2.75, 3.05) is 10.5 Å². The summed E-state index contributed by atoms with van der Waals surface area (Å²) in [4.78, 5) is 11.6. The van der Waals surface area contributed by atoms with Gasteiger partial charge in [-0.2, -0.15) is 13.2 Å². The molecule has 134 valence electrons. The minimum absolute atomic E-state index is 0.0687. The van der Waals surface area contributed by atoms with Gasteiger partial charge in [0.15, 0.2) is 0 Å². The van der Waals surface area contributed by atoms with E-state index < -0.39 is 27.7 Å². The van der Waals surface area contributed by atoms with Gasteiger partial charge in [0.2, 0.25) is 15.9 Å². The van der Waals surface area contributed by atoms with Gasteiger partial charge in [-0.3, -0.25) is 9.52 Å². The summed E-state index contributed by atoms with van der Waals surface area (Å²) in [6, 6.07) is 8.19. The second-order valence-electron chi connectivity index (χ2n) is 5.21. The van der Waals surface area contributed by atoms with Gasteiger partial charge in [0.25, 0.3) is 0 Å². The molecule has 0 bridgehead atoms. The van der Waals surface area contributed by atoms with E-state index in [0.29, 0.717) is 5.56 Å². The number of benzene rings is 2. The number of anilines is 1. The zero-order valence-electron chi connectivity index (χ0n) is 13.1. The van der Waals surface area contributed by atoms with E-state index in [0.717, 1.165) is 12.1 Å². The third kappa shape index (κ3) is 4.50. The van der Waals surface area contributed by atoms with Gasteiger partial charge < -0.3 is 5.73 Å². The quantitative estimate of drug-likeness (QED) is 0.844. The lowest BCUT2D eigenvalue weighted by molar-refractivity contribution is -0.137. The molecule has 0 aliphatic rings. The van der Waals surface area contributed by atoms with E-state index in [9.17, 15) is 26.4 Å². The topological polar surface area (TPSA) is 89.3 Å². The highest BCUT2D eigenvalue weighted by Gasteiger charge is 2.30. The predicted molar refractivity (Wildman–Crippen MR) is 88.5 cm³/mol. The lowest BCUT2D eigenvalue weighted by atomic mass is 9.97. The van der Waals surface area contributed by atoms with Crippen LogP contribution in [-0.2, 0) is 16.2 Å². The smallest absolute Gasteiger partial charge is 0.366 e. The molecule has 1 amide bonds. The average molecular weight is 372 g/mol. The van der Waals surface area contributed by atoms with Gasteiger partial charge in [-0.1, -0.05) is 12.1 Å². The van der Waals surface area contributed by atoms with Crippen LogP contribution in [0.4, 0.5) is 18.9 Å². The monoisotopic (exact) mass is 372 g/mol. The van der Waals surface area contributed by atoms with Gasteiger partial charge in [-0.15, -0.1) is 0 Å². The summed E-state index contributed by atoms with van der Waals surface area (Å²) >= 11 is 0. The maximum absolute atomic E-state index is 12.7. The molecule has 2 aromatic carbocycles. The third-order valence-corrected chi connectivity index (χ3v) is 4.77. The number of primary amides is 1. The molecular formula is C16H15F3N2O3S. The molecule has 0 aliphatic heterocycles. The first-order valence-corrected chi connectivity index (χ1v) is 8.80. The summed E-state index contributed by atoms with van der Waals surface area (Å²) in [6.07, 6.45) is -4.48. The van der Waals surface area contributed by atoms with E-state index >= 15 is 0 Å². The van der Waals surface area contributed by atoms with Gasteiger partial charge in [0.1, 0.15) is 0 Å². The maximum atomic E-state index is 12.7. The molecular weight excluding hydrogens is 357 g/mol. The van der Waals surface area contributed by atoms with Crippen molar-refractivity contribution in [2.24, 2.45) is 5.73 Å². The molecule has 2 rings (SSSR count). The Morgan fingerprint density at radius 1 is 1.12 bits per heavy atom. The van der Waals surface area contributed by atoms with E-state index in [1.807, 2.05) is 0 Å². The van der Waals surface area contributed by atoms with Crippen LogP contribution in [0.5, 0.6) is 0 Å². The van der Waals surface area contributed by atoms with Gasteiger partial charge in [-0.25, -0.2) is 8.42 Å². The van der Waals surface area contributed by atoms with Crippen molar-refractivity contribution >= 4 is 21.6 Å². The largest absolute Gasteiger partial charge is 0.416 e. The predicted octanol–water partition coefficient (Wildman–Crippen LogP) is 3.23. The highest BCUT2D eigenvalue weighted by Crippen LogP contribution is 2.32. The molecule has 0 aliphatic carbocycles. The number of carbonyl (C=O) groups excluding carboxylic acids is 1. The molecule has 0 saturated heterocycles. The number of rotatable bonds is 5. The van der Waals surface area contributed by atoms with Gasteiger partial charge in [0.05, 0.1) is 11.3 Å². The Hall–Kier alpha value is -2.55. The Morgan fingerprint density at radius 2 is 1.72 bits per heavy atom. The molecule has 0 unspecified atom stereocenters. The van der Waals surface area contributed by atoms with Gasteiger partial charge >= 0.3 is 6.18 Å². The van der Waals surface area contributed by atoms with Crippen LogP contribution < -0.4 is 10.5 Å². The van der Waals surface area contributed by atoms with Crippen molar-refractivity contribution in [2.45, 2.75) is 13.1 Å². The van der Waals surface area contributed by atoms with Crippen LogP contribution in [0.1, 0.15) is 22.8 Å². The maximum Gasteiger partial charge on any atom is 0.416 e. The number of sulfonamides is 1. The van der Waals surface area contributed by atoms with E-state index in [1.54, 1.807) is 0 Å². The second-order valence-corrected chi connectivity index (χ2v) is 7.22. The molecule has 0 aromatic heterocycles. The molecule has 0 saturated carbocycles. The van der Waals surface area contributed by atoms with Gasteiger partial charge in [0, 0.05) is 11.3 Å². The SMILES string of the molecule is CCS(=O)(=O)Nc1ccc(C(N)=O)c(-c2ccc(C(F)(F)F)cc2)c1. The fraction of sp³-hybridized carbons (Fsp3) is 0.188. The normalized spacial score (nSPS) is 12.0. The number of hydrogen-bond donors (Lipinski definition) is 2. The number of nitrogens with two attached hydrogens (primary N) is 1. The molecule has 2 aromatic rings. The first kappa shape index (κ1) is 18.8. The lowest BCUT2D eigenvalue weighted by Gasteiger charge is -2.13. The summed E-state index contributed by atoms with van der Waals surface area (Å²) < 4.78 is 63.6. The minimum atomic E-state index is -4.48. The van der Waals surface area contributed by atoms with Crippen LogP contribution in [0.25, 0.3) is 11.1 Å². The number of carbonyl (C=O) groups is 1.